The van der Waals surface area contributed by atoms with Crippen molar-refractivity contribution in [3.05, 3.63) is 36.4 Å². The van der Waals surface area contributed by atoms with E-state index in [4.69, 9.17) is 23.4 Å². The number of hydrogen-bond donors (Lipinski definition) is 1. The molecule has 1 aliphatic rings. The van der Waals surface area contributed by atoms with Crippen molar-refractivity contribution in [2.45, 2.75) is 36.2 Å². The second kappa shape index (κ2) is 9.22. The third kappa shape index (κ3) is 4.43. The molecule has 2 heterocycles. The van der Waals surface area contributed by atoms with Crippen LogP contribution in [0.3, 0.4) is 0 Å². The van der Waals surface area contributed by atoms with E-state index in [1.165, 1.54) is 26.4 Å². The second-order valence-corrected chi connectivity index (χ2v) is 9.35. The molecule has 1 aromatic heterocycles. The molecule has 0 saturated carbocycles. The Labute approximate surface area is 192 Å². The van der Waals surface area contributed by atoms with Gasteiger partial charge in [-0.25, -0.2) is 8.42 Å². The van der Waals surface area contributed by atoms with E-state index in [9.17, 15) is 8.42 Å². The summed E-state index contributed by atoms with van der Waals surface area (Å²) in [6.07, 6.45) is 0.760. The number of hydrogen-bond acceptors (Lipinski definition) is 9. The fourth-order valence-electron chi connectivity index (χ4n) is 3.30. The average Bonchev–Trinajstić information content (AvgIpc) is 3.27. The van der Waals surface area contributed by atoms with Crippen molar-refractivity contribution in [2.24, 2.45) is 0 Å². The molecule has 1 N–H and O–H groups in total. The number of anilines is 1. The Hall–Kier alpha value is -3.40. The fourth-order valence-corrected chi connectivity index (χ4v) is 4.58. The molecule has 0 amide bonds. The predicted octanol–water partition coefficient (Wildman–Crippen LogP) is 4.17. The molecule has 1 atom stereocenters. The Balaban J connectivity index is 1.81. The molecule has 2 aromatic carbocycles. The van der Waals surface area contributed by atoms with Crippen molar-refractivity contribution in [1.82, 2.24) is 4.98 Å². The van der Waals surface area contributed by atoms with E-state index in [0.29, 0.717) is 41.8 Å². The zero-order chi connectivity index (χ0) is 23.6. The van der Waals surface area contributed by atoms with Crippen molar-refractivity contribution < 1.29 is 31.8 Å². The molecule has 9 nitrogen and oxygen atoms in total. The normalized spacial score (nSPS) is 13.9. The molecular formula is C23H26N2O7S. The topological polar surface area (TPSA) is 109 Å². The molecule has 1 aliphatic heterocycles. The van der Waals surface area contributed by atoms with E-state index < -0.39 is 9.84 Å². The van der Waals surface area contributed by atoms with Crippen LogP contribution in [0.1, 0.15) is 20.3 Å². The van der Waals surface area contributed by atoms with Gasteiger partial charge in [-0.15, -0.1) is 0 Å². The molecule has 3 aromatic rings. The van der Waals surface area contributed by atoms with E-state index in [1.807, 2.05) is 13.8 Å². The summed E-state index contributed by atoms with van der Waals surface area (Å²) >= 11 is 0. The van der Waals surface area contributed by atoms with Crippen LogP contribution in [-0.2, 0) is 9.84 Å². The highest BCUT2D eigenvalue weighted by Gasteiger charge is 2.30. The van der Waals surface area contributed by atoms with Gasteiger partial charge < -0.3 is 28.7 Å². The number of oxazole rings is 1. The Morgan fingerprint density at radius 1 is 1.03 bits per heavy atom. The van der Waals surface area contributed by atoms with Crippen LogP contribution in [0.25, 0.3) is 11.5 Å². The van der Waals surface area contributed by atoms with Gasteiger partial charge in [0, 0.05) is 17.7 Å². The van der Waals surface area contributed by atoms with Gasteiger partial charge in [0.1, 0.15) is 13.2 Å². The molecule has 33 heavy (non-hydrogen) atoms. The van der Waals surface area contributed by atoms with Crippen molar-refractivity contribution in [3.63, 3.8) is 0 Å². The third-order valence-electron chi connectivity index (χ3n) is 5.29. The Bertz CT molecular complexity index is 1250. The maximum Gasteiger partial charge on any atom is 0.234 e. The molecule has 0 aliphatic carbocycles. The first-order chi connectivity index (χ1) is 15.9. The minimum Gasteiger partial charge on any atom is -0.493 e. The number of fused-ring (bicyclic) bond motifs is 1. The number of methoxy groups -OCH3 is 2. The van der Waals surface area contributed by atoms with Crippen LogP contribution in [0.2, 0.25) is 0 Å². The largest absolute Gasteiger partial charge is 0.493 e. The predicted molar refractivity (Wildman–Crippen MR) is 121 cm³/mol. The van der Waals surface area contributed by atoms with E-state index in [2.05, 4.69) is 10.3 Å². The number of rotatable bonds is 8. The fraction of sp³-hybridized carbons (Fsp3) is 0.348. The average molecular weight is 475 g/mol. The summed E-state index contributed by atoms with van der Waals surface area (Å²) in [5.41, 5.74) is 0.545. The second-order valence-electron chi connectivity index (χ2n) is 7.49. The van der Waals surface area contributed by atoms with Crippen LogP contribution in [0.5, 0.6) is 23.0 Å². The van der Waals surface area contributed by atoms with Crippen molar-refractivity contribution in [1.29, 1.82) is 0 Å². The summed E-state index contributed by atoms with van der Waals surface area (Å²) in [6.45, 7) is 4.68. The van der Waals surface area contributed by atoms with Gasteiger partial charge in [0.15, 0.2) is 23.0 Å². The Kier molecular flexibility index (Phi) is 6.37. The molecule has 1 unspecified atom stereocenters. The molecule has 10 heteroatoms. The van der Waals surface area contributed by atoms with E-state index >= 15 is 0 Å². The lowest BCUT2D eigenvalue weighted by molar-refractivity contribution is 0.171. The highest BCUT2D eigenvalue weighted by Crippen LogP contribution is 2.38. The van der Waals surface area contributed by atoms with Crippen LogP contribution in [0.4, 0.5) is 5.88 Å². The maximum atomic E-state index is 13.6. The summed E-state index contributed by atoms with van der Waals surface area (Å²) in [7, 11) is -0.976. The van der Waals surface area contributed by atoms with Crippen LogP contribution < -0.4 is 24.3 Å². The summed E-state index contributed by atoms with van der Waals surface area (Å²) < 4.78 is 54.7. The maximum absolute atomic E-state index is 13.6. The number of nitrogens with one attached hydrogen (secondary N) is 1. The molecule has 4 rings (SSSR count). The lowest BCUT2D eigenvalue weighted by atomic mass is 10.2. The van der Waals surface area contributed by atoms with E-state index in [0.717, 1.165) is 6.42 Å². The lowest BCUT2D eigenvalue weighted by Gasteiger charge is -2.18. The lowest BCUT2D eigenvalue weighted by Crippen LogP contribution is -2.17. The number of sulfone groups is 1. The monoisotopic (exact) mass is 474 g/mol. The number of nitrogens with zero attached hydrogens (tertiary/aromatic N) is 1. The van der Waals surface area contributed by atoms with Gasteiger partial charge in [-0.1, -0.05) is 6.92 Å². The molecular weight excluding hydrogens is 448 g/mol. The molecule has 0 radical (unpaired) electrons. The molecule has 176 valence electrons. The minimum absolute atomic E-state index is 0.0334. The van der Waals surface area contributed by atoms with Gasteiger partial charge in [-0.2, -0.15) is 4.98 Å². The van der Waals surface area contributed by atoms with Crippen LogP contribution >= 0.6 is 0 Å². The van der Waals surface area contributed by atoms with Gasteiger partial charge in [-0.05, 0) is 43.7 Å². The standard InChI is InChI=1S/C23H26N2O7S/c1-5-14(2)24-22-23(25-21(32-22)15-6-8-17(28-3)19(12-15)29-4)33(26,27)16-7-9-18-20(13-16)31-11-10-30-18/h6-9,12-14,24H,5,10-11H2,1-4H3. The van der Waals surface area contributed by atoms with Crippen LogP contribution in [-0.4, -0.2) is 46.9 Å². The zero-order valence-corrected chi connectivity index (χ0v) is 19.7. The van der Waals surface area contributed by atoms with E-state index in [1.54, 1.807) is 24.3 Å². The van der Waals surface area contributed by atoms with Gasteiger partial charge >= 0.3 is 0 Å². The quantitative estimate of drug-likeness (QED) is 0.514. The van der Waals surface area contributed by atoms with Crippen molar-refractivity contribution in [2.75, 3.05) is 32.8 Å². The van der Waals surface area contributed by atoms with Gasteiger partial charge in [0.25, 0.3) is 0 Å². The highest BCUT2D eigenvalue weighted by atomic mass is 32.2. The van der Waals surface area contributed by atoms with E-state index in [-0.39, 0.29) is 27.7 Å². The first-order valence-electron chi connectivity index (χ1n) is 10.5. The van der Waals surface area contributed by atoms with Gasteiger partial charge in [0.05, 0.1) is 19.1 Å². The Morgan fingerprint density at radius 3 is 2.45 bits per heavy atom. The van der Waals surface area contributed by atoms with Crippen molar-refractivity contribution in [3.8, 4) is 34.5 Å². The minimum atomic E-state index is -4.03. The van der Waals surface area contributed by atoms with Crippen molar-refractivity contribution >= 4 is 15.7 Å². The van der Waals surface area contributed by atoms with Gasteiger partial charge in [-0.3, -0.25) is 0 Å². The first kappa shape index (κ1) is 22.8. The number of ether oxygens (including phenoxy) is 4. The summed E-state index contributed by atoms with van der Waals surface area (Å²) in [5, 5.41) is 2.92. The highest BCUT2D eigenvalue weighted by molar-refractivity contribution is 7.91. The van der Waals surface area contributed by atoms with Gasteiger partial charge in [0.2, 0.25) is 26.6 Å². The Morgan fingerprint density at radius 2 is 1.76 bits per heavy atom. The molecule has 0 spiro atoms. The first-order valence-corrected chi connectivity index (χ1v) is 12.0. The summed E-state index contributed by atoms with van der Waals surface area (Å²) in [4.78, 5) is 4.41. The summed E-state index contributed by atoms with van der Waals surface area (Å²) in [5.74, 6) is 2.10. The molecule has 0 fully saturated rings. The number of aromatic nitrogens is 1. The SMILES string of the molecule is CCC(C)Nc1oc(-c2ccc(OC)c(OC)c2)nc1S(=O)(=O)c1ccc2c(c1)OCCO2. The third-order valence-corrected chi connectivity index (χ3v) is 6.96. The smallest absolute Gasteiger partial charge is 0.234 e. The zero-order valence-electron chi connectivity index (χ0n) is 18.9. The molecule has 0 bridgehead atoms. The number of benzene rings is 2. The van der Waals surface area contributed by atoms with Crippen LogP contribution in [0, 0.1) is 0 Å². The van der Waals surface area contributed by atoms with Crippen LogP contribution in [0.15, 0.2) is 50.7 Å². The molecule has 0 saturated heterocycles. The summed E-state index contributed by atoms with van der Waals surface area (Å²) in [6, 6.07) is 9.57.